The number of nitrogens with zero attached hydrogens (tertiary/aromatic N) is 2. The SMILES string of the molecule is CSCCC(C)N(C)c1ccc(F)cc1/C(N)=N/O. The Hall–Kier alpha value is -1.43. The Morgan fingerprint density at radius 2 is 2.26 bits per heavy atom. The van der Waals surface area contributed by atoms with E-state index in [1.54, 1.807) is 17.8 Å². The maximum absolute atomic E-state index is 13.3. The Labute approximate surface area is 117 Å². The smallest absolute Gasteiger partial charge is 0.172 e. The van der Waals surface area contributed by atoms with Crippen LogP contribution >= 0.6 is 11.8 Å². The molecule has 4 nitrogen and oxygen atoms in total. The predicted octanol–water partition coefficient (Wildman–Crippen LogP) is 2.50. The fourth-order valence-corrected chi connectivity index (χ4v) is 2.37. The van der Waals surface area contributed by atoms with Crippen LogP contribution in [-0.2, 0) is 0 Å². The number of hydrogen-bond donors (Lipinski definition) is 2. The Morgan fingerprint density at radius 1 is 1.58 bits per heavy atom. The van der Waals surface area contributed by atoms with Crippen molar-refractivity contribution in [1.82, 2.24) is 0 Å². The number of anilines is 1. The first-order valence-electron chi connectivity index (χ1n) is 6.00. The Kier molecular flexibility index (Phi) is 5.95. The molecule has 0 radical (unpaired) electrons. The van der Waals surface area contributed by atoms with E-state index < -0.39 is 5.82 Å². The average Bonchev–Trinajstić information content (AvgIpc) is 2.42. The standard InChI is InChI=1S/C13H20FN3OS/c1-9(6-7-19-3)17(2)12-5-4-10(14)8-11(12)13(15)16-18/h4-5,8-9,18H,6-7H2,1-3H3,(H2,15,16). The molecule has 1 atom stereocenters. The number of oxime groups is 1. The molecule has 0 saturated carbocycles. The number of hydrogen-bond acceptors (Lipinski definition) is 4. The van der Waals surface area contributed by atoms with Gasteiger partial charge in [-0.05, 0) is 43.6 Å². The Balaban J connectivity index is 3.05. The molecule has 0 aliphatic rings. The molecule has 0 amide bonds. The molecule has 0 bridgehead atoms. The van der Waals surface area contributed by atoms with E-state index in [-0.39, 0.29) is 11.9 Å². The normalized spacial score (nSPS) is 13.4. The lowest BCUT2D eigenvalue weighted by molar-refractivity contribution is 0.318. The van der Waals surface area contributed by atoms with Crippen molar-refractivity contribution in [2.24, 2.45) is 10.9 Å². The van der Waals surface area contributed by atoms with Gasteiger partial charge in [0.25, 0.3) is 0 Å². The van der Waals surface area contributed by atoms with Crippen LogP contribution in [0.1, 0.15) is 18.9 Å². The summed E-state index contributed by atoms with van der Waals surface area (Å²) in [6, 6.07) is 4.59. The zero-order valence-corrected chi connectivity index (χ0v) is 12.2. The molecule has 1 unspecified atom stereocenters. The second-order valence-electron chi connectivity index (χ2n) is 4.39. The highest BCUT2D eigenvalue weighted by Gasteiger charge is 2.16. The largest absolute Gasteiger partial charge is 0.409 e. The van der Waals surface area contributed by atoms with Gasteiger partial charge in [-0.2, -0.15) is 11.8 Å². The molecule has 0 saturated heterocycles. The van der Waals surface area contributed by atoms with Gasteiger partial charge in [-0.1, -0.05) is 5.16 Å². The van der Waals surface area contributed by atoms with Crippen molar-refractivity contribution in [3.05, 3.63) is 29.6 Å². The van der Waals surface area contributed by atoms with E-state index in [9.17, 15) is 4.39 Å². The van der Waals surface area contributed by atoms with Crippen LogP contribution in [0.4, 0.5) is 10.1 Å². The summed E-state index contributed by atoms with van der Waals surface area (Å²) in [5.41, 5.74) is 6.76. The van der Waals surface area contributed by atoms with E-state index >= 15 is 0 Å². The fraction of sp³-hybridized carbons (Fsp3) is 0.462. The highest BCUT2D eigenvalue weighted by atomic mass is 32.2. The zero-order chi connectivity index (χ0) is 14.4. The second-order valence-corrected chi connectivity index (χ2v) is 5.37. The van der Waals surface area contributed by atoms with Crippen molar-refractivity contribution in [1.29, 1.82) is 0 Å². The van der Waals surface area contributed by atoms with E-state index in [0.717, 1.165) is 17.9 Å². The van der Waals surface area contributed by atoms with Crippen LogP contribution in [0.25, 0.3) is 0 Å². The molecule has 0 spiro atoms. The van der Waals surface area contributed by atoms with E-state index in [1.807, 2.05) is 11.9 Å². The minimum atomic E-state index is -0.407. The number of amidine groups is 1. The highest BCUT2D eigenvalue weighted by Crippen LogP contribution is 2.23. The Bertz CT molecular complexity index is 454. The van der Waals surface area contributed by atoms with Crippen molar-refractivity contribution < 1.29 is 9.60 Å². The maximum atomic E-state index is 13.3. The second kappa shape index (κ2) is 7.23. The zero-order valence-electron chi connectivity index (χ0n) is 11.4. The highest BCUT2D eigenvalue weighted by molar-refractivity contribution is 7.98. The van der Waals surface area contributed by atoms with Crippen LogP contribution in [0.15, 0.2) is 23.4 Å². The fourth-order valence-electron chi connectivity index (χ4n) is 1.79. The molecule has 106 valence electrons. The monoisotopic (exact) mass is 285 g/mol. The summed E-state index contributed by atoms with van der Waals surface area (Å²) >= 11 is 1.78. The summed E-state index contributed by atoms with van der Waals surface area (Å²) in [5, 5.41) is 11.7. The van der Waals surface area contributed by atoms with Gasteiger partial charge in [-0.25, -0.2) is 4.39 Å². The van der Waals surface area contributed by atoms with Gasteiger partial charge in [-0.15, -0.1) is 0 Å². The van der Waals surface area contributed by atoms with Crippen molar-refractivity contribution in [2.45, 2.75) is 19.4 Å². The molecule has 0 fully saturated rings. The predicted molar refractivity (Wildman–Crippen MR) is 79.8 cm³/mol. The first kappa shape index (κ1) is 15.6. The van der Waals surface area contributed by atoms with Crippen molar-refractivity contribution in [2.75, 3.05) is 24.0 Å². The van der Waals surface area contributed by atoms with E-state index in [0.29, 0.717) is 5.56 Å². The first-order valence-corrected chi connectivity index (χ1v) is 7.39. The van der Waals surface area contributed by atoms with Crippen LogP contribution < -0.4 is 10.6 Å². The van der Waals surface area contributed by atoms with Gasteiger partial charge < -0.3 is 15.8 Å². The van der Waals surface area contributed by atoms with E-state index in [1.165, 1.54) is 12.1 Å². The number of halogens is 1. The molecule has 0 aliphatic heterocycles. The van der Waals surface area contributed by atoms with Gasteiger partial charge >= 0.3 is 0 Å². The molecule has 1 aromatic carbocycles. The topological polar surface area (TPSA) is 61.8 Å². The molecule has 19 heavy (non-hydrogen) atoms. The molecular weight excluding hydrogens is 265 g/mol. The molecule has 6 heteroatoms. The lowest BCUT2D eigenvalue weighted by atomic mass is 10.1. The van der Waals surface area contributed by atoms with Crippen LogP contribution in [-0.4, -0.2) is 36.1 Å². The van der Waals surface area contributed by atoms with Crippen LogP contribution in [0.3, 0.4) is 0 Å². The van der Waals surface area contributed by atoms with Crippen molar-refractivity contribution >= 4 is 23.3 Å². The summed E-state index contributed by atoms with van der Waals surface area (Å²) in [5.74, 6) is 0.555. The van der Waals surface area contributed by atoms with Gasteiger partial charge in [0.05, 0.1) is 0 Å². The minimum Gasteiger partial charge on any atom is -0.409 e. The molecule has 0 heterocycles. The minimum absolute atomic E-state index is 0.0848. The van der Waals surface area contributed by atoms with Gasteiger partial charge in [0.15, 0.2) is 5.84 Å². The molecule has 0 aromatic heterocycles. The third-order valence-corrected chi connectivity index (χ3v) is 3.77. The first-order chi connectivity index (χ1) is 9.01. The lowest BCUT2D eigenvalue weighted by Gasteiger charge is -2.28. The quantitative estimate of drug-likeness (QED) is 0.365. The maximum Gasteiger partial charge on any atom is 0.172 e. The lowest BCUT2D eigenvalue weighted by Crippen LogP contribution is -2.31. The molecule has 3 N–H and O–H groups in total. The number of thioether (sulfide) groups is 1. The Morgan fingerprint density at radius 3 is 2.84 bits per heavy atom. The summed E-state index contributed by atoms with van der Waals surface area (Å²) in [6.07, 6.45) is 3.07. The third kappa shape index (κ3) is 4.02. The van der Waals surface area contributed by atoms with E-state index in [2.05, 4.69) is 18.3 Å². The molecule has 1 rings (SSSR count). The molecular formula is C13H20FN3OS. The van der Waals surface area contributed by atoms with Gasteiger partial charge in [0.1, 0.15) is 5.82 Å². The van der Waals surface area contributed by atoms with Crippen LogP contribution in [0.2, 0.25) is 0 Å². The summed E-state index contributed by atoms with van der Waals surface area (Å²) in [4.78, 5) is 2.02. The molecule has 0 aliphatic carbocycles. The van der Waals surface area contributed by atoms with E-state index in [4.69, 9.17) is 10.9 Å². The summed E-state index contributed by atoms with van der Waals surface area (Å²) in [6.45, 7) is 2.09. The van der Waals surface area contributed by atoms with Crippen LogP contribution in [0.5, 0.6) is 0 Å². The number of rotatable bonds is 6. The third-order valence-electron chi connectivity index (χ3n) is 3.12. The van der Waals surface area contributed by atoms with Crippen LogP contribution in [0, 0.1) is 5.82 Å². The van der Waals surface area contributed by atoms with Crippen molar-refractivity contribution in [3.8, 4) is 0 Å². The van der Waals surface area contributed by atoms with Gasteiger partial charge in [0.2, 0.25) is 0 Å². The average molecular weight is 285 g/mol. The number of benzene rings is 1. The summed E-state index contributed by atoms with van der Waals surface area (Å²) < 4.78 is 13.3. The van der Waals surface area contributed by atoms with Crippen molar-refractivity contribution in [3.63, 3.8) is 0 Å². The number of nitrogens with two attached hydrogens (primary N) is 1. The summed E-state index contributed by atoms with van der Waals surface area (Å²) in [7, 11) is 1.92. The van der Waals surface area contributed by atoms with Gasteiger partial charge in [0, 0.05) is 24.3 Å². The van der Waals surface area contributed by atoms with Gasteiger partial charge in [-0.3, -0.25) is 0 Å². The molecule has 1 aromatic rings.